The van der Waals surface area contributed by atoms with Crippen LogP contribution in [0.5, 0.6) is 0 Å². The van der Waals surface area contributed by atoms with Crippen molar-refractivity contribution in [2.45, 2.75) is 12.6 Å². The summed E-state index contributed by atoms with van der Waals surface area (Å²) in [6.07, 6.45) is 1.56. The molecule has 0 aromatic heterocycles. The number of benzene rings is 2. The van der Waals surface area contributed by atoms with Crippen LogP contribution in [0.4, 0.5) is 5.69 Å². The van der Waals surface area contributed by atoms with Crippen LogP contribution in [0, 0.1) is 0 Å². The van der Waals surface area contributed by atoms with Crippen LogP contribution >= 0.6 is 0 Å². The van der Waals surface area contributed by atoms with Crippen molar-refractivity contribution in [1.82, 2.24) is 4.90 Å². The Labute approximate surface area is 115 Å². The summed E-state index contributed by atoms with van der Waals surface area (Å²) >= 11 is 0. The molecule has 1 atom stereocenters. The van der Waals surface area contributed by atoms with Gasteiger partial charge >= 0.3 is 0 Å². The molecule has 0 bridgehead atoms. The van der Waals surface area contributed by atoms with Crippen molar-refractivity contribution in [3.63, 3.8) is 0 Å². The summed E-state index contributed by atoms with van der Waals surface area (Å²) in [5.41, 5.74) is 2.68. The molecule has 2 nitrogen and oxygen atoms in total. The van der Waals surface area contributed by atoms with Gasteiger partial charge < -0.3 is 4.90 Å². The minimum atomic E-state index is 0.345. The average Bonchev–Trinajstić information content (AvgIpc) is 2.49. The molecule has 0 aliphatic carbocycles. The number of anilines is 1. The first-order valence-corrected chi connectivity index (χ1v) is 6.93. The molecule has 0 saturated carbocycles. The van der Waals surface area contributed by atoms with E-state index in [-0.39, 0.29) is 0 Å². The number of para-hydroxylation sites is 1. The Kier molecular flexibility index (Phi) is 3.51. The third kappa shape index (κ3) is 2.49. The Hall–Kier alpha value is -1.80. The van der Waals surface area contributed by atoms with Gasteiger partial charge in [0.1, 0.15) is 6.17 Å². The molecule has 0 radical (unpaired) electrons. The fourth-order valence-electron chi connectivity index (χ4n) is 2.92. The number of hydrogen-bond donors (Lipinski definition) is 0. The van der Waals surface area contributed by atoms with Gasteiger partial charge in [-0.05, 0) is 31.2 Å². The number of hydrogen-bond acceptors (Lipinski definition) is 2. The van der Waals surface area contributed by atoms with Gasteiger partial charge in [-0.2, -0.15) is 0 Å². The lowest BCUT2D eigenvalue weighted by molar-refractivity contribution is 0.201. The van der Waals surface area contributed by atoms with Gasteiger partial charge in [0.25, 0.3) is 0 Å². The largest absolute Gasteiger partial charge is 0.352 e. The van der Waals surface area contributed by atoms with Crippen LogP contribution in [0.1, 0.15) is 18.2 Å². The smallest absolute Gasteiger partial charge is 0.108 e. The van der Waals surface area contributed by atoms with Crippen LogP contribution in [0.2, 0.25) is 0 Å². The molecule has 1 aliphatic heterocycles. The molecule has 3 rings (SSSR count). The summed E-state index contributed by atoms with van der Waals surface area (Å²) in [6.45, 7) is 2.27. The highest BCUT2D eigenvalue weighted by Crippen LogP contribution is 2.32. The third-order valence-electron chi connectivity index (χ3n) is 3.81. The van der Waals surface area contributed by atoms with E-state index in [2.05, 4.69) is 77.5 Å². The molecular formula is C17H20N2. The fraction of sp³-hybridized carbons (Fsp3) is 0.294. The average molecular weight is 252 g/mol. The highest BCUT2D eigenvalue weighted by atomic mass is 15.4. The summed E-state index contributed by atoms with van der Waals surface area (Å²) in [6, 6.07) is 21.5. The standard InChI is InChI=1S/C17H20N2/c1-18-13-8-14-19(16-11-6-3-7-12-16)17(18)15-9-4-2-5-10-15/h2-7,9-12,17H,8,13-14H2,1H3. The van der Waals surface area contributed by atoms with Gasteiger partial charge in [-0.3, -0.25) is 4.90 Å². The van der Waals surface area contributed by atoms with E-state index in [1.165, 1.54) is 17.7 Å². The maximum absolute atomic E-state index is 2.50. The van der Waals surface area contributed by atoms with Crippen LogP contribution in [0.3, 0.4) is 0 Å². The zero-order valence-corrected chi connectivity index (χ0v) is 11.4. The van der Waals surface area contributed by atoms with Crippen LogP contribution < -0.4 is 4.90 Å². The monoisotopic (exact) mass is 252 g/mol. The molecule has 2 aromatic rings. The van der Waals surface area contributed by atoms with Crippen LogP contribution in [-0.2, 0) is 0 Å². The third-order valence-corrected chi connectivity index (χ3v) is 3.81. The second-order valence-corrected chi connectivity index (χ2v) is 5.15. The molecule has 2 heteroatoms. The Bertz CT molecular complexity index is 509. The molecule has 1 saturated heterocycles. The van der Waals surface area contributed by atoms with Crippen molar-refractivity contribution in [2.75, 3.05) is 25.0 Å². The van der Waals surface area contributed by atoms with E-state index in [0.717, 1.165) is 13.1 Å². The lowest BCUT2D eigenvalue weighted by atomic mass is 10.1. The molecule has 0 spiro atoms. The Morgan fingerprint density at radius 2 is 1.47 bits per heavy atom. The van der Waals surface area contributed by atoms with Crippen molar-refractivity contribution in [3.8, 4) is 0 Å². The van der Waals surface area contributed by atoms with E-state index in [9.17, 15) is 0 Å². The van der Waals surface area contributed by atoms with Gasteiger partial charge in [0.05, 0.1) is 0 Å². The summed E-state index contributed by atoms with van der Waals surface area (Å²) in [4.78, 5) is 4.94. The van der Waals surface area contributed by atoms with Crippen molar-refractivity contribution < 1.29 is 0 Å². The summed E-state index contributed by atoms with van der Waals surface area (Å²) < 4.78 is 0. The second-order valence-electron chi connectivity index (χ2n) is 5.15. The minimum Gasteiger partial charge on any atom is -0.352 e. The maximum Gasteiger partial charge on any atom is 0.108 e. The summed E-state index contributed by atoms with van der Waals surface area (Å²) in [5.74, 6) is 0. The van der Waals surface area contributed by atoms with Crippen molar-refractivity contribution in [1.29, 1.82) is 0 Å². The van der Waals surface area contributed by atoms with E-state index in [0.29, 0.717) is 6.17 Å². The van der Waals surface area contributed by atoms with Gasteiger partial charge in [0, 0.05) is 18.8 Å². The van der Waals surface area contributed by atoms with Gasteiger partial charge in [-0.15, -0.1) is 0 Å². The highest BCUT2D eigenvalue weighted by molar-refractivity contribution is 5.49. The van der Waals surface area contributed by atoms with Crippen LogP contribution in [0.15, 0.2) is 60.7 Å². The number of nitrogens with zero attached hydrogens (tertiary/aromatic N) is 2. The first-order valence-electron chi connectivity index (χ1n) is 6.93. The van der Waals surface area contributed by atoms with Gasteiger partial charge in [-0.1, -0.05) is 48.5 Å². The highest BCUT2D eigenvalue weighted by Gasteiger charge is 2.27. The molecule has 1 aliphatic rings. The second kappa shape index (κ2) is 5.45. The normalized spacial score (nSPS) is 20.5. The predicted molar refractivity (Wildman–Crippen MR) is 80.2 cm³/mol. The number of rotatable bonds is 2. The van der Waals surface area contributed by atoms with E-state index in [1.54, 1.807) is 0 Å². The van der Waals surface area contributed by atoms with Crippen molar-refractivity contribution in [2.24, 2.45) is 0 Å². The molecule has 0 amide bonds. The molecule has 98 valence electrons. The SMILES string of the molecule is CN1CCCN(c2ccccc2)C1c1ccccc1. The van der Waals surface area contributed by atoms with E-state index in [4.69, 9.17) is 0 Å². The molecule has 2 aromatic carbocycles. The lowest BCUT2D eigenvalue weighted by Gasteiger charge is -2.43. The van der Waals surface area contributed by atoms with Crippen LogP contribution in [0.25, 0.3) is 0 Å². The van der Waals surface area contributed by atoms with Gasteiger partial charge in [0.2, 0.25) is 0 Å². The van der Waals surface area contributed by atoms with E-state index < -0.39 is 0 Å². The van der Waals surface area contributed by atoms with Gasteiger partial charge in [0.15, 0.2) is 0 Å². The van der Waals surface area contributed by atoms with E-state index >= 15 is 0 Å². The fourth-order valence-corrected chi connectivity index (χ4v) is 2.92. The minimum absolute atomic E-state index is 0.345. The first kappa shape index (κ1) is 12.2. The summed E-state index contributed by atoms with van der Waals surface area (Å²) in [5, 5.41) is 0. The van der Waals surface area contributed by atoms with Gasteiger partial charge in [-0.25, -0.2) is 0 Å². The zero-order valence-electron chi connectivity index (χ0n) is 11.4. The maximum atomic E-state index is 2.50. The summed E-state index contributed by atoms with van der Waals surface area (Å²) in [7, 11) is 2.22. The van der Waals surface area contributed by atoms with Crippen molar-refractivity contribution in [3.05, 3.63) is 66.2 Å². The Morgan fingerprint density at radius 3 is 2.16 bits per heavy atom. The Morgan fingerprint density at radius 1 is 0.842 bits per heavy atom. The predicted octanol–water partition coefficient (Wildman–Crippen LogP) is 3.53. The molecule has 0 N–H and O–H groups in total. The zero-order chi connectivity index (χ0) is 13.1. The molecule has 1 heterocycles. The van der Waals surface area contributed by atoms with Crippen molar-refractivity contribution >= 4 is 5.69 Å². The lowest BCUT2D eigenvalue weighted by Crippen LogP contribution is -2.46. The molecule has 19 heavy (non-hydrogen) atoms. The molecule has 1 fully saturated rings. The van der Waals surface area contributed by atoms with Crippen LogP contribution in [-0.4, -0.2) is 25.0 Å². The topological polar surface area (TPSA) is 6.48 Å². The quantitative estimate of drug-likeness (QED) is 0.807. The molecular weight excluding hydrogens is 232 g/mol. The first-order chi connectivity index (χ1) is 9.36. The van der Waals surface area contributed by atoms with E-state index in [1.807, 2.05) is 0 Å². The Balaban J connectivity index is 1.97. The molecule has 1 unspecified atom stereocenters.